The summed E-state index contributed by atoms with van der Waals surface area (Å²) in [6.45, 7) is 8.09. The molecule has 0 unspecified atom stereocenters. The average Bonchev–Trinajstić information content (AvgIpc) is 3.10. The Balaban J connectivity index is 1.87. The minimum Gasteiger partial charge on any atom is -0.496 e. The lowest BCUT2D eigenvalue weighted by molar-refractivity contribution is -0.141. The van der Waals surface area contributed by atoms with Gasteiger partial charge in [0.25, 0.3) is 0 Å². The van der Waals surface area contributed by atoms with Gasteiger partial charge in [-0.15, -0.1) is 0 Å². The Morgan fingerprint density at radius 3 is 2.84 bits per heavy atom. The number of hydrogen-bond donors (Lipinski definition) is 1. The smallest absolute Gasteiger partial charge is 0.374 e. The van der Waals surface area contributed by atoms with Gasteiger partial charge in [0, 0.05) is 17.5 Å². The van der Waals surface area contributed by atoms with E-state index in [2.05, 4.69) is 26.0 Å². The number of esters is 1. The van der Waals surface area contributed by atoms with Crippen LogP contribution in [0.2, 0.25) is 0 Å². The van der Waals surface area contributed by atoms with E-state index in [1.165, 1.54) is 0 Å². The van der Waals surface area contributed by atoms with E-state index in [-0.39, 0.29) is 18.3 Å². The second-order valence-corrected chi connectivity index (χ2v) is 8.87. The number of carbonyl (C=O) groups excluding carboxylic acids is 1. The van der Waals surface area contributed by atoms with E-state index in [9.17, 15) is 9.90 Å². The largest absolute Gasteiger partial charge is 0.496 e. The Bertz CT molecular complexity index is 982. The average molecular weight is 427 g/mol. The molecule has 0 amide bonds. The van der Waals surface area contributed by atoms with E-state index in [0.29, 0.717) is 29.6 Å². The number of hydrogen-bond acceptors (Lipinski definition) is 6. The molecule has 2 aliphatic heterocycles. The highest BCUT2D eigenvalue weighted by molar-refractivity contribution is 5.96. The van der Waals surface area contributed by atoms with E-state index < -0.39 is 17.7 Å². The van der Waals surface area contributed by atoms with Crippen LogP contribution in [0.5, 0.6) is 17.2 Å². The Hall–Kier alpha value is -2.73. The fourth-order valence-electron chi connectivity index (χ4n) is 4.44. The van der Waals surface area contributed by atoms with Crippen molar-refractivity contribution in [3.8, 4) is 17.2 Å². The molecular weight excluding hydrogens is 396 g/mol. The summed E-state index contributed by atoms with van der Waals surface area (Å²) in [5.74, 6) is 1.68. The molecule has 1 aliphatic carbocycles. The predicted octanol–water partition coefficient (Wildman–Crippen LogP) is 4.52. The lowest BCUT2D eigenvalue weighted by Crippen LogP contribution is -2.45. The highest BCUT2D eigenvalue weighted by Crippen LogP contribution is 2.55. The minimum atomic E-state index is -0.991. The molecule has 3 aliphatic rings. The van der Waals surface area contributed by atoms with Crippen LogP contribution in [0.1, 0.15) is 57.6 Å². The van der Waals surface area contributed by atoms with Crippen LogP contribution in [0, 0.1) is 5.92 Å². The Morgan fingerprint density at radius 2 is 2.16 bits per heavy atom. The molecule has 0 bridgehead atoms. The summed E-state index contributed by atoms with van der Waals surface area (Å²) in [7, 11) is 1.62. The number of ether oxygens (including phenoxy) is 4. The molecule has 0 spiro atoms. The van der Waals surface area contributed by atoms with Crippen LogP contribution < -0.4 is 14.2 Å². The molecule has 31 heavy (non-hydrogen) atoms. The van der Waals surface area contributed by atoms with Crippen molar-refractivity contribution in [2.45, 2.75) is 58.2 Å². The van der Waals surface area contributed by atoms with E-state index >= 15 is 0 Å². The normalized spacial score (nSPS) is 27.1. The molecule has 3 atom stereocenters. The summed E-state index contributed by atoms with van der Waals surface area (Å²) < 4.78 is 23.2. The van der Waals surface area contributed by atoms with Gasteiger partial charge in [-0.05, 0) is 44.3 Å². The molecule has 6 nitrogen and oxygen atoms in total. The zero-order valence-electron chi connectivity index (χ0n) is 18.7. The quantitative estimate of drug-likeness (QED) is 0.551. The summed E-state index contributed by atoms with van der Waals surface area (Å²) in [6.07, 6.45) is 8.82. The van der Waals surface area contributed by atoms with Crippen molar-refractivity contribution in [1.82, 2.24) is 0 Å². The maximum atomic E-state index is 12.4. The van der Waals surface area contributed by atoms with Gasteiger partial charge in [0.15, 0.2) is 0 Å². The van der Waals surface area contributed by atoms with E-state index in [1.807, 2.05) is 6.08 Å². The summed E-state index contributed by atoms with van der Waals surface area (Å²) >= 11 is 0. The number of methoxy groups -OCH3 is 1. The standard InChI is InChI=1S/C25H30O6/c1-6-29-24(26)19-12-15(10-9-14(2)3)20-17(30-19)13-18-21(22(20)28-5)16-8-7-11-25(4,27)23(16)31-18/h7-8,10,12-14,16,23,27H,6,9,11H2,1-5H3/b15-10+/t16-,23-,25+/m0/s1. The monoisotopic (exact) mass is 426 g/mol. The van der Waals surface area contributed by atoms with Crippen LogP contribution in [0.15, 0.2) is 36.1 Å². The van der Waals surface area contributed by atoms with Crippen molar-refractivity contribution in [1.29, 1.82) is 0 Å². The van der Waals surface area contributed by atoms with E-state index in [4.69, 9.17) is 18.9 Å². The lowest BCUT2D eigenvalue weighted by atomic mass is 9.78. The third-order valence-electron chi connectivity index (χ3n) is 5.93. The molecule has 0 fully saturated rings. The molecule has 0 saturated heterocycles. The maximum Gasteiger partial charge on any atom is 0.374 e. The van der Waals surface area contributed by atoms with Crippen molar-refractivity contribution in [2.75, 3.05) is 13.7 Å². The maximum absolute atomic E-state index is 12.4. The number of rotatable bonds is 5. The Labute approximate surface area is 183 Å². The van der Waals surface area contributed by atoms with E-state index in [0.717, 1.165) is 23.1 Å². The van der Waals surface area contributed by atoms with Gasteiger partial charge < -0.3 is 24.1 Å². The Kier molecular flexibility index (Phi) is 5.60. The van der Waals surface area contributed by atoms with Crippen molar-refractivity contribution in [3.63, 3.8) is 0 Å². The molecule has 1 aromatic carbocycles. The van der Waals surface area contributed by atoms with Crippen LogP contribution in [0.25, 0.3) is 5.57 Å². The van der Waals surface area contributed by atoms with Gasteiger partial charge in [-0.2, -0.15) is 0 Å². The SMILES string of the molecule is CCOC(=O)C1=C/C(=C\CC(C)C)c2c(cc3c(c2OC)[C@@H]2C=CC[C@@](C)(O)[C@H]2O3)O1. The van der Waals surface area contributed by atoms with Gasteiger partial charge in [-0.3, -0.25) is 0 Å². The third-order valence-corrected chi connectivity index (χ3v) is 5.93. The van der Waals surface area contributed by atoms with Crippen molar-refractivity contribution in [3.05, 3.63) is 47.3 Å². The van der Waals surface area contributed by atoms with Gasteiger partial charge in [0.05, 0.1) is 19.3 Å². The lowest BCUT2D eigenvalue weighted by Gasteiger charge is -2.34. The van der Waals surface area contributed by atoms with Crippen LogP contribution in [0.4, 0.5) is 0 Å². The van der Waals surface area contributed by atoms with Crippen molar-refractivity contribution >= 4 is 11.5 Å². The van der Waals surface area contributed by atoms with Gasteiger partial charge in [-0.25, -0.2) is 4.79 Å². The summed E-state index contributed by atoms with van der Waals surface area (Å²) in [5.41, 5.74) is 1.55. The number of fused-ring (bicyclic) bond motifs is 4. The first-order chi connectivity index (χ1) is 14.8. The van der Waals surface area contributed by atoms with Gasteiger partial charge in [0.1, 0.15) is 29.0 Å². The molecule has 0 radical (unpaired) electrons. The highest BCUT2D eigenvalue weighted by Gasteiger charge is 2.49. The first kappa shape index (κ1) is 21.5. The molecule has 4 rings (SSSR count). The number of benzene rings is 1. The fourth-order valence-corrected chi connectivity index (χ4v) is 4.44. The predicted molar refractivity (Wildman–Crippen MR) is 117 cm³/mol. The highest BCUT2D eigenvalue weighted by atomic mass is 16.6. The van der Waals surface area contributed by atoms with Gasteiger partial charge in [0.2, 0.25) is 5.76 Å². The number of carbonyl (C=O) groups is 1. The molecule has 166 valence electrons. The molecule has 6 heteroatoms. The molecule has 0 aromatic heterocycles. The van der Waals surface area contributed by atoms with Crippen molar-refractivity contribution in [2.24, 2.45) is 5.92 Å². The first-order valence-electron chi connectivity index (χ1n) is 10.8. The molecule has 1 aromatic rings. The minimum absolute atomic E-state index is 0.124. The summed E-state index contributed by atoms with van der Waals surface area (Å²) in [6, 6.07) is 1.80. The molecule has 1 N–H and O–H groups in total. The molecule has 2 heterocycles. The zero-order chi connectivity index (χ0) is 22.3. The van der Waals surface area contributed by atoms with Crippen molar-refractivity contribution < 1.29 is 28.8 Å². The second kappa shape index (κ2) is 8.08. The van der Waals surface area contributed by atoms with Crippen LogP contribution in [0.3, 0.4) is 0 Å². The first-order valence-corrected chi connectivity index (χ1v) is 10.8. The molecular formula is C25H30O6. The molecule has 0 saturated carbocycles. The van der Waals surface area contributed by atoms with Gasteiger partial charge >= 0.3 is 5.97 Å². The van der Waals surface area contributed by atoms with Crippen LogP contribution in [-0.2, 0) is 9.53 Å². The van der Waals surface area contributed by atoms with Gasteiger partial charge in [-0.1, -0.05) is 32.1 Å². The number of allylic oxidation sites excluding steroid dienone is 3. The van der Waals surface area contributed by atoms with Crippen LogP contribution >= 0.6 is 0 Å². The topological polar surface area (TPSA) is 74.2 Å². The fraction of sp³-hybridized carbons (Fsp3) is 0.480. The zero-order valence-corrected chi connectivity index (χ0v) is 18.7. The van der Waals surface area contributed by atoms with E-state index in [1.54, 1.807) is 33.1 Å². The Morgan fingerprint density at radius 1 is 1.39 bits per heavy atom. The number of aliphatic hydroxyl groups is 1. The second-order valence-electron chi connectivity index (χ2n) is 8.87. The third kappa shape index (κ3) is 3.74. The summed E-state index contributed by atoms with van der Waals surface area (Å²) in [4.78, 5) is 12.4. The summed E-state index contributed by atoms with van der Waals surface area (Å²) in [5, 5.41) is 10.9. The van der Waals surface area contributed by atoms with Crippen LogP contribution in [-0.4, -0.2) is 36.5 Å².